The Labute approximate surface area is 153 Å². The predicted molar refractivity (Wildman–Crippen MR) is 95.5 cm³/mol. The number of hydrogen-bond donors (Lipinski definition) is 2. The summed E-state index contributed by atoms with van der Waals surface area (Å²) in [4.78, 5) is 24.1. The second-order valence-electron chi connectivity index (χ2n) is 7.14. The molecule has 1 aromatic carbocycles. The van der Waals surface area contributed by atoms with E-state index in [1.165, 1.54) is 16.4 Å². The number of rotatable bonds is 5. The van der Waals surface area contributed by atoms with E-state index in [9.17, 15) is 23.1 Å². The second kappa shape index (κ2) is 7.00. The molecule has 1 saturated carbocycles. The van der Waals surface area contributed by atoms with Crippen LogP contribution in [-0.2, 0) is 14.8 Å². The molecule has 3 rings (SSSR count). The van der Waals surface area contributed by atoms with Crippen LogP contribution in [-0.4, -0.2) is 48.3 Å². The zero-order valence-electron chi connectivity index (χ0n) is 14.8. The zero-order chi connectivity index (χ0) is 18.9. The lowest BCUT2D eigenvalue weighted by molar-refractivity contribution is -0.148. The number of carbonyl (C=O) groups excluding carboxylic acids is 1. The average molecular weight is 380 g/mol. The first kappa shape index (κ1) is 18.8. The highest BCUT2D eigenvalue weighted by Crippen LogP contribution is 2.32. The largest absolute Gasteiger partial charge is 0.480 e. The molecule has 1 heterocycles. The Morgan fingerprint density at radius 3 is 2.31 bits per heavy atom. The molecule has 0 spiro atoms. The number of piperidine rings is 1. The van der Waals surface area contributed by atoms with Crippen LogP contribution in [0.25, 0.3) is 0 Å². The second-order valence-corrected chi connectivity index (χ2v) is 9.05. The number of carboxylic acids is 1. The number of nitrogens with zero attached hydrogens (tertiary/aromatic N) is 1. The summed E-state index contributed by atoms with van der Waals surface area (Å²) in [6.07, 6.45) is 4.21. The topological polar surface area (TPSA) is 104 Å². The Balaban J connectivity index is 1.88. The van der Waals surface area contributed by atoms with Crippen LogP contribution >= 0.6 is 0 Å². The third-order valence-electron chi connectivity index (χ3n) is 5.35. The minimum absolute atomic E-state index is 0.116. The highest BCUT2D eigenvalue weighted by atomic mass is 32.2. The number of aryl methyl sites for hydroxylation is 1. The molecule has 0 aromatic heterocycles. The Morgan fingerprint density at radius 2 is 1.77 bits per heavy atom. The first-order valence-electron chi connectivity index (χ1n) is 8.93. The van der Waals surface area contributed by atoms with Crippen molar-refractivity contribution < 1.29 is 23.1 Å². The number of nitrogens with one attached hydrogen (secondary N) is 1. The monoisotopic (exact) mass is 380 g/mol. The molecule has 2 N–H and O–H groups in total. The fourth-order valence-electron chi connectivity index (χ4n) is 3.48. The summed E-state index contributed by atoms with van der Waals surface area (Å²) in [6.45, 7) is 2.67. The zero-order valence-corrected chi connectivity index (χ0v) is 15.6. The summed E-state index contributed by atoms with van der Waals surface area (Å²) >= 11 is 0. The van der Waals surface area contributed by atoms with E-state index in [0.717, 1.165) is 25.7 Å². The molecule has 0 radical (unpaired) electrons. The number of amides is 1. The van der Waals surface area contributed by atoms with Gasteiger partial charge in [-0.2, -0.15) is 4.31 Å². The van der Waals surface area contributed by atoms with Gasteiger partial charge in [-0.25, -0.2) is 13.2 Å². The lowest BCUT2D eigenvalue weighted by Crippen LogP contribution is -2.59. The number of sulfonamides is 1. The molecule has 0 unspecified atom stereocenters. The third-order valence-corrected chi connectivity index (χ3v) is 7.39. The quantitative estimate of drug-likeness (QED) is 0.812. The van der Waals surface area contributed by atoms with Gasteiger partial charge in [-0.15, -0.1) is 0 Å². The lowest BCUT2D eigenvalue weighted by Gasteiger charge is -2.38. The lowest BCUT2D eigenvalue weighted by atomic mass is 9.76. The van der Waals surface area contributed by atoms with E-state index in [4.69, 9.17) is 0 Å². The molecule has 2 aliphatic rings. The average Bonchev–Trinajstić information content (AvgIpc) is 2.58. The Morgan fingerprint density at radius 1 is 1.12 bits per heavy atom. The molecule has 1 aliphatic heterocycles. The summed E-state index contributed by atoms with van der Waals surface area (Å²) in [5.74, 6) is -1.60. The molecule has 1 saturated heterocycles. The minimum Gasteiger partial charge on any atom is -0.480 e. The molecular weight excluding hydrogens is 356 g/mol. The van der Waals surface area contributed by atoms with Crippen molar-refractivity contribution in [3.8, 4) is 0 Å². The third kappa shape index (κ3) is 3.35. The van der Waals surface area contributed by atoms with Gasteiger partial charge in [-0.3, -0.25) is 4.79 Å². The molecule has 1 aromatic rings. The van der Waals surface area contributed by atoms with E-state index in [1.54, 1.807) is 13.0 Å². The molecule has 142 valence electrons. The van der Waals surface area contributed by atoms with Crippen LogP contribution < -0.4 is 5.32 Å². The van der Waals surface area contributed by atoms with E-state index < -0.39 is 27.4 Å². The van der Waals surface area contributed by atoms with Gasteiger partial charge < -0.3 is 10.4 Å². The van der Waals surface area contributed by atoms with Crippen molar-refractivity contribution in [1.29, 1.82) is 0 Å². The Bertz CT molecular complexity index is 824. The number of carboxylic acid groups (broad SMARTS) is 1. The highest BCUT2D eigenvalue weighted by Gasteiger charge is 2.45. The van der Waals surface area contributed by atoms with Crippen LogP contribution in [0.2, 0.25) is 0 Å². The van der Waals surface area contributed by atoms with Gasteiger partial charge in [0.05, 0.1) is 4.90 Å². The number of aliphatic carboxylic acids is 1. The van der Waals surface area contributed by atoms with Gasteiger partial charge in [0.1, 0.15) is 5.54 Å². The minimum atomic E-state index is -3.66. The van der Waals surface area contributed by atoms with Crippen molar-refractivity contribution in [2.24, 2.45) is 0 Å². The van der Waals surface area contributed by atoms with Gasteiger partial charge >= 0.3 is 5.97 Å². The molecule has 26 heavy (non-hydrogen) atoms. The smallest absolute Gasteiger partial charge is 0.329 e. The van der Waals surface area contributed by atoms with Crippen molar-refractivity contribution in [2.75, 3.05) is 13.1 Å². The molecule has 1 amide bonds. The molecule has 0 atom stereocenters. The molecule has 2 fully saturated rings. The van der Waals surface area contributed by atoms with Crippen LogP contribution in [0.3, 0.4) is 0 Å². The number of carbonyl (C=O) groups is 2. The van der Waals surface area contributed by atoms with Gasteiger partial charge in [0.15, 0.2) is 0 Å². The number of benzene rings is 1. The molecule has 0 bridgehead atoms. The van der Waals surface area contributed by atoms with E-state index >= 15 is 0 Å². The number of hydrogen-bond acceptors (Lipinski definition) is 4. The maximum absolute atomic E-state index is 12.9. The Hall–Kier alpha value is -1.93. The highest BCUT2D eigenvalue weighted by molar-refractivity contribution is 7.89. The maximum Gasteiger partial charge on any atom is 0.329 e. The summed E-state index contributed by atoms with van der Waals surface area (Å²) in [5, 5.41) is 11.9. The maximum atomic E-state index is 12.9. The summed E-state index contributed by atoms with van der Waals surface area (Å²) < 4.78 is 27.4. The van der Waals surface area contributed by atoms with Crippen LogP contribution in [0.5, 0.6) is 0 Å². The van der Waals surface area contributed by atoms with Crippen molar-refractivity contribution in [1.82, 2.24) is 9.62 Å². The standard InChI is InChI=1S/C18H24N2O5S/c1-13-6-7-14(16(21)19-18(17(22)23)8-5-9-18)12-15(13)26(24,25)20-10-3-2-4-11-20/h6-7,12H,2-5,8-11H2,1H3,(H,19,21)(H,22,23). The summed E-state index contributed by atoms with van der Waals surface area (Å²) in [5.41, 5.74) is -0.490. The van der Waals surface area contributed by atoms with Gasteiger partial charge in [0.2, 0.25) is 10.0 Å². The fraction of sp³-hybridized carbons (Fsp3) is 0.556. The normalized spacial score (nSPS) is 20.2. The van der Waals surface area contributed by atoms with Gasteiger partial charge in [0.25, 0.3) is 5.91 Å². The fourth-order valence-corrected chi connectivity index (χ4v) is 5.24. The molecule has 8 heteroatoms. The SMILES string of the molecule is Cc1ccc(C(=O)NC2(C(=O)O)CCC2)cc1S(=O)(=O)N1CCCCC1. The van der Waals surface area contributed by atoms with Crippen LogP contribution in [0.1, 0.15) is 54.4 Å². The predicted octanol–water partition coefficient (Wildman–Crippen LogP) is 1.91. The van der Waals surface area contributed by atoms with Crippen LogP contribution in [0.15, 0.2) is 23.1 Å². The van der Waals surface area contributed by atoms with Crippen molar-refractivity contribution in [3.05, 3.63) is 29.3 Å². The van der Waals surface area contributed by atoms with Crippen molar-refractivity contribution in [3.63, 3.8) is 0 Å². The van der Waals surface area contributed by atoms with Crippen LogP contribution in [0, 0.1) is 6.92 Å². The van der Waals surface area contributed by atoms with E-state index in [0.29, 0.717) is 31.5 Å². The van der Waals surface area contributed by atoms with Gasteiger partial charge in [-0.1, -0.05) is 12.5 Å². The summed E-state index contributed by atoms with van der Waals surface area (Å²) in [6, 6.07) is 4.50. The molecular formula is C18H24N2O5S. The summed E-state index contributed by atoms with van der Waals surface area (Å²) in [7, 11) is -3.66. The van der Waals surface area contributed by atoms with Crippen molar-refractivity contribution >= 4 is 21.9 Å². The van der Waals surface area contributed by atoms with Gasteiger partial charge in [0, 0.05) is 18.7 Å². The van der Waals surface area contributed by atoms with Gasteiger partial charge in [-0.05, 0) is 56.7 Å². The first-order chi connectivity index (χ1) is 12.3. The first-order valence-corrected chi connectivity index (χ1v) is 10.4. The molecule has 7 nitrogen and oxygen atoms in total. The molecule has 1 aliphatic carbocycles. The van der Waals surface area contributed by atoms with Crippen molar-refractivity contribution in [2.45, 2.75) is 55.9 Å². The van der Waals surface area contributed by atoms with E-state index in [1.807, 2.05) is 0 Å². The van der Waals surface area contributed by atoms with E-state index in [2.05, 4.69) is 5.32 Å². The van der Waals surface area contributed by atoms with E-state index in [-0.39, 0.29) is 10.5 Å². The Kier molecular flexibility index (Phi) is 5.07. The van der Waals surface area contributed by atoms with Crippen LogP contribution in [0.4, 0.5) is 0 Å².